The van der Waals surface area contributed by atoms with Crippen LogP contribution < -0.4 is 19.6 Å². The molecule has 0 atom stereocenters. The van der Waals surface area contributed by atoms with Gasteiger partial charge in [-0.2, -0.15) is 5.01 Å². The molecular formula is C20H18N2O5S2. The zero-order chi connectivity index (χ0) is 21.0. The number of thiocarbonyl (C=S) groups is 1. The highest BCUT2D eigenvalue weighted by atomic mass is 32.2. The number of nitrogens with one attached hydrogen (secondary N) is 1. The maximum Gasteiger partial charge on any atom is 0.285 e. The summed E-state index contributed by atoms with van der Waals surface area (Å²) in [6, 6.07) is 12.0. The number of hydrogen-bond acceptors (Lipinski definition) is 7. The van der Waals surface area contributed by atoms with Crippen molar-refractivity contribution < 1.29 is 23.8 Å². The molecule has 29 heavy (non-hydrogen) atoms. The molecule has 1 fully saturated rings. The molecule has 0 radical (unpaired) electrons. The van der Waals surface area contributed by atoms with Gasteiger partial charge in [0.2, 0.25) is 0 Å². The molecule has 150 valence electrons. The summed E-state index contributed by atoms with van der Waals surface area (Å²) in [5.74, 6) is 0.614. The van der Waals surface area contributed by atoms with Gasteiger partial charge in [0, 0.05) is 0 Å². The van der Waals surface area contributed by atoms with E-state index in [0.717, 1.165) is 22.3 Å². The second-order valence-electron chi connectivity index (χ2n) is 5.77. The van der Waals surface area contributed by atoms with Gasteiger partial charge in [-0.1, -0.05) is 30.0 Å². The van der Waals surface area contributed by atoms with E-state index in [2.05, 4.69) is 5.43 Å². The van der Waals surface area contributed by atoms with Crippen molar-refractivity contribution in [2.75, 3.05) is 21.3 Å². The Labute approximate surface area is 177 Å². The predicted molar refractivity (Wildman–Crippen MR) is 115 cm³/mol. The molecule has 2 amide bonds. The number of rotatable bonds is 6. The Morgan fingerprint density at radius 3 is 2.41 bits per heavy atom. The lowest BCUT2D eigenvalue weighted by atomic mass is 10.2. The molecule has 1 aliphatic heterocycles. The van der Waals surface area contributed by atoms with Gasteiger partial charge >= 0.3 is 0 Å². The van der Waals surface area contributed by atoms with Crippen LogP contribution in [0.1, 0.15) is 15.9 Å². The van der Waals surface area contributed by atoms with E-state index in [1.54, 1.807) is 55.7 Å². The van der Waals surface area contributed by atoms with Crippen LogP contribution in [0.25, 0.3) is 6.08 Å². The smallest absolute Gasteiger partial charge is 0.285 e. The van der Waals surface area contributed by atoms with Gasteiger partial charge in [-0.3, -0.25) is 15.0 Å². The largest absolute Gasteiger partial charge is 0.496 e. The van der Waals surface area contributed by atoms with Gasteiger partial charge in [0.1, 0.15) is 5.75 Å². The first-order valence-corrected chi connectivity index (χ1v) is 9.65. The van der Waals surface area contributed by atoms with Gasteiger partial charge in [0.15, 0.2) is 15.8 Å². The van der Waals surface area contributed by atoms with Gasteiger partial charge in [-0.05, 0) is 48.1 Å². The predicted octanol–water partition coefficient (Wildman–Crippen LogP) is 3.26. The van der Waals surface area contributed by atoms with Gasteiger partial charge < -0.3 is 14.2 Å². The molecule has 2 aromatic carbocycles. The highest BCUT2D eigenvalue weighted by Gasteiger charge is 2.34. The lowest BCUT2D eigenvalue weighted by molar-refractivity contribution is -0.123. The van der Waals surface area contributed by atoms with Crippen molar-refractivity contribution in [2.24, 2.45) is 0 Å². The van der Waals surface area contributed by atoms with Crippen LogP contribution in [0.4, 0.5) is 0 Å². The summed E-state index contributed by atoms with van der Waals surface area (Å²) in [6.07, 6.45) is 1.68. The number of methoxy groups -OCH3 is 3. The molecule has 1 heterocycles. The summed E-state index contributed by atoms with van der Waals surface area (Å²) in [6.45, 7) is 0. The number of hydrogen-bond donors (Lipinski definition) is 1. The number of nitrogens with zero attached hydrogens (tertiary/aromatic N) is 1. The first-order chi connectivity index (χ1) is 14.0. The van der Waals surface area contributed by atoms with E-state index < -0.39 is 11.8 Å². The number of carbonyl (C=O) groups is 2. The van der Waals surface area contributed by atoms with Gasteiger partial charge in [-0.15, -0.1) is 0 Å². The molecule has 0 bridgehead atoms. The number of hydrazine groups is 1. The van der Waals surface area contributed by atoms with Crippen LogP contribution >= 0.6 is 24.0 Å². The quantitative estimate of drug-likeness (QED) is 0.557. The maximum absolute atomic E-state index is 12.8. The summed E-state index contributed by atoms with van der Waals surface area (Å²) in [7, 11) is 4.55. The Morgan fingerprint density at radius 2 is 1.72 bits per heavy atom. The molecule has 1 N–H and O–H groups in total. The maximum atomic E-state index is 12.8. The molecule has 1 aliphatic rings. The summed E-state index contributed by atoms with van der Waals surface area (Å²) < 4.78 is 15.9. The Morgan fingerprint density at radius 1 is 1.03 bits per heavy atom. The molecule has 3 rings (SSSR count). The standard InChI is InChI=1S/C20H18N2O5S2/c1-25-14-7-5-4-6-13(14)18(23)21-22-19(24)17(29-20(22)28)11-12-8-9-15(26-2)16(10-12)27-3/h4-11H,1-3H3,(H,21,23)/b17-11+. The summed E-state index contributed by atoms with van der Waals surface area (Å²) in [5, 5.41) is 1.06. The van der Waals surface area contributed by atoms with E-state index in [1.807, 2.05) is 0 Å². The monoisotopic (exact) mass is 430 g/mol. The first-order valence-electron chi connectivity index (χ1n) is 8.42. The fourth-order valence-electron chi connectivity index (χ4n) is 2.65. The number of para-hydroxylation sites is 1. The van der Waals surface area contributed by atoms with Crippen molar-refractivity contribution in [3.05, 3.63) is 58.5 Å². The second kappa shape index (κ2) is 8.97. The lowest BCUT2D eigenvalue weighted by Gasteiger charge is -2.16. The third-order valence-corrected chi connectivity index (χ3v) is 5.37. The molecule has 7 nitrogen and oxygen atoms in total. The molecule has 9 heteroatoms. The fraction of sp³-hybridized carbons (Fsp3) is 0.150. The third kappa shape index (κ3) is 4.36. The van der Waals surface area contributed by atoms with Crippen molar-refractivity contribution in [1.29, 1.82) is 0 Å². The average molecular weight is 431 g/mol. The van der Waals surface area contributed by atoms with Crippen LogP contribution in [0.3, 0.4) is 0 Å². The average Bonchev–Trinajstić information content (AvgIpc) is 3.00. The Kier molecular flexibility index (Phi) is 6.40. The minimum absolute atomic E-state index is 0.227. The normalized spacial score (nSPS) is 14.9. The van der Waals surface area contributed by atoms with E-state index in [1.165, 1.54) is 14.2 Å². The zero-order valence-electron chi connectivity index (χ0n) is 15.9. The van der Waals surface area contributed by atoms with Crippen molar-refractivity contribution >= 4 is 46.2 Å². The molecule has 0 unspecified atom stereocenters. The summed E-state index contributed by atoms with van der Waals surface area (Å²) >= 11 is 6.36. The number of benzene rings is 2. The number of amides is 2. The minimum atomic E-state index is -0.494. The number of thioether (sulfide) groups is 1. The van der Waals surface area contributed by atoms with Crippen LogP contribution in [-0.2, 0) is 4.79 Å². The van der Waals surface area contributed by atoms with Crippen LogP contribution in [0.2, 0.25) is 0 Å². The Bertz CT molecular complexity index is 1010. The topological polar surface area (TPSA) is 77.1 Å². The number of ether oxygens (including phenoxy) is 3. The Hall–Kier alpha value is -3.04. The van der Waals surface area contributed by atoms with Crippen molar-refractivity contribution in [2.45, 2.75) is 0 Å². The molecule has 0 aliphatic carbocycles. The van der Waals surface area contributed by atoms with Crippen LogP contribution in [0, 0.1) is 0 Å². The molecule has 1 saturated heterocycles. The second-order valence-corrected chi connectivity index (χ2v) is 7.45. The van der Waals surface area contributed by atoms with Crippen molar-refractivity contribution in [3.63, 3.8) is 0 Å². The van der Waals surface area contributed by atoms with Crippen LogP contribution in [-0.4, -0.2) is 42.5 Å². The molecule has 0 saturated carbocycles. The van der Waals surface area contributed by atoms with Crippen molar-refractivity contribution in [1.82, 2.24) is 10.4 Å². The lowest BCUT2D eigenvalue weighted by Crippen LogP contribution is -2.44. The highest BCUT2D eigenvalue weighted by Crippen LogP contribution is 2.34. The van der Waals surface area contributed by atoms with E-state index in [9.17, 15) is 9.59 Å². The Balaban J connectivity index is 1.81. The fourth-order valence-corrected chi connectivity index (χ4v) is 3.83. The van der Waals surface area contributed by atoms with Gasteiger partial charge in [0.25, 0.3) is 11.8 Å². The molecular weight excluding hydrogens is 412 g/mol. The summed E-state index contributed by atoms with van der Waals surface area (Å²) in [4.78, 5) is 25.7. The van der Waals surface area contributed by atoms with Gasteiger partial charge in [0.05, 0.1) is 31.8 Å². The van der Waals surface area contributed by atoms with E-state index in [-0.39, 0.29) is 4.32 Å². The van der Waals surface area contributed by atoms with Gasteiger partial charge in [-0.25, -0.2) is 0 Å². The van der Waals surface area contributed by atoms with Crippen LogP contribution in [0.5, 0.6) is 17.2 Å². The van der Waals surface area contributed by atoms with E-state index in [4.69, 9.17) is 26.4 Å². The van der Waals surface area contributed by atoms with Crippen molar-refractivity contribution in [3.8, 4) is 17.2 Å². The highest BCUT2D eigenvalue weighted by molar-refractivity contribution is 8.26. The molecule has 0 aromatic heterocycles. The van der Waals surface area contributed by atoms with E-state index >= 15 is 0 Å². The third-order valence-electron chi connectivity index (χ3n) is 4.06. The molecule has 0 spiro atoms. The SMILES string of the molecule is COc1ccc(/C=C2/SC(=S)N(NC(=O)c3ccccc3OC)C2=O)cc1OC. The zero-order valence-corrected chi connectivity index (χ0v) is 17.6. The molecule has 2 aromatic rings. The first kappa shape index (κ1) is 20.7. The number of carbonyl (C=O) groups excluding carboxylic acids is 2. The minimum Gasteiger partial charge on any atom is -0.496 e. The van der Waals surface area contributed by atoms with E-state index in [0.29, 0.717) is 27.7 Å². The summed E-state index contributed by atoms with van der Waals surface area (Å²) in [5.41, 5.74) is 3.58. The van der Waals surface area contributed by atoms with Crippen LogP contribution in [0.15, 0.2) is 47.4 Å².